The first-order chi connectivity index (χ1) is 11.2. The van der Waals surface area contributed by atoms with E-state index >= 15 is 0 Å². The lowest BCUT2D eigenvalue weighted by atomic mass is 10.2. The highest BCUT2D eigenvalue weighted by molar-refractivity contribution is 7.98. The number of carbonyl (C=O) groups excluding carboxylic acids is 1. The number of thioether (sulfide) groups is 1. The summed E-state index contributed by atoms with van der Waals surface area (Å²) in [5, 5.41) is 7.88. The molecule has 0 aliphatic carbocycles. The number of aryl methyl sites for hydroxylation is 1. The van der Waals surface area contributed by atoms with Gasteiger partial charge in [-0.15, -0.1) is 34.4 Å². The zero-order valence-corrected chi connectivity index (χ0v) is 14.9. The van der Waals surface area contributed by atoms with Gasteiger partial charge in [0, 0.05) is 27.1 Å². The van der Waals surface area contributed by atoms with Crippen molar-refractivity contribution in [1.82, 2.24) is 15.3 Å². The molecule has 3 aromatic rings. The number of carbonyl (C=O) groups is 1. The third kappa shape index (κ3) is 4.40. The van der Waals surface area contributed by atoms with E-state index in [1.807, 2.05) is 47.5 Å². The number of hydrogen-bond donors (Lipinski definition) is 1. The Morgan fingerprint density at radius 3 is 2.91 bits per heavy atom. The lowest BCUT2D eigenvalue weighted by molar-refractivity contribution is 0.0948. The van der Waals surface area contributed by atoms with Crippen LogP contribution in [0.2, 0.25) is 0 Å². The van der Waals surface area contributed by atoms with Crippen LogP contribution in [0.5, 0.6) is 0 Å². The Morgan fingerprint density at radius 1 is 1.30 bits per heavy atom. The van der Waals surface area contributed by atoms with Crippen LogP contribution >= 0.6 is 34.4 Å². The Hall–Kier alpha value is -1.70. The number of hydrogen-bond acceptors (Lipinski definition) is 6. The van der Waals surface area contributed by atoms with Gasteiger partial charge in [-0.3, -0.25) is 4.79 Å². The molecule has 0 aliphatic rings. The average molecular weight is 362 g/mol. The summed E-state index contributed by atoms with van der Waals surface area (Å²) in [5.74, 6) is 0.693. The molecular weight excluding hydrogens is 346 g/mol. The Morgan fingerprint density at radius 2 is 2.17 bits per heavy atom. The molecule has 4 nitrogen and oxygen atoms in total. The fraction of sp³-hybridized carbons (Fsp3) is 0.188. The molecule has 0 aliphatic heterocycles. The Labute approximate surface area is 147 Å². The molecule has 0 unspecified atom stereocenters. The minimum atomic E-state index is -0.0702. The summed E-state index contributed by atoms with van der Waals surface area (Å²) in [6.45, 7) is 2.41. The molecule has 0 atom stereocenters. The van der Waals surface area contributed by atoms with Gasteiger partial charge in [-0.1, -0.05) is 12.1 Å². The molecule has 0 radical (unpaired) electrons. The van der Waals surface area contributed by atoms with Gasteiger partial charge < -0.3 is 5.32 Å². The fourth-order valence-corrected chi connectivity index (χ4v) is 4.30. The first kappa shape index (κ1) is 16.2. The molecule has 23 heavy (non-hydrogen) atoms. The summed E-state index contributed by atoms with van der Waals surface area (Å²) in [6, 6.07) is 7.66. The molecule has 2 aromatic heterocycles. The van der Waals surface area contributed by atoms with Crippen molar-refractivity contribution in [3.8, 4) is 0 Å². The molecule has 0 bridgehead atoms. The summed E-state index contributed by atoms with van der Waals surface area (Å²) in [7, 11) is 0. The van der Waals surface area contributed by atoms with Gasteiger partial charge >= 0.3 is 0 Å². The van der Waals surface area contributed by atoms with Crippen molar-refractivity contribution < 1.29 is 4.79 Å². The molecule has 2 heterocycles. The SMILES string of the molecule is Cc1csc(CNC(=O)c2ccccc2SCc2cscn2)n1. The van der Waals surface area contributed by atoms with Crippen LogP contribution in [0.1, 0.15) is 26.8 Å². The largest absolute Gasteiger partial charge is 0.345 e. The molecule has 0 saturated heterocycles. The van der Waals surface area contributed by atoms with E-state index in [0.29, 0.717) is 12.1 Å². The minimum Gasteiger partial charge on any atom is -0.345 e. The van der Waals surface area contributed by atoms with Crippen molar-refractivity contribution in [3.05, 3.63) is 62.5 Å². The minimum absolute atomic E-state index is 0.0702. The van der Waals surface area contributed by atoms with E-state index in [-0.39, 0.29) is 5.91 Å². The van der Waals surface area contributed by atoms with Crippen LogP contribution in [0.4, 0.5) is 0 Å². The highest BCUT2D eigenvalue weighted by Crippen LogP contribution is 2.26. The van der Waals surface area contributed by atoms with Crippen LogP contribution < -0.4 is 5.32 Å². The molecule has 118 valence electrons. The number of nitrogens with zero attached hydrogens (tertiary/aromatic N) is 2. The second-order valence-corrected chi connectivity index (χ2v) is 7.51. The standard InChI is InChI=1S/C16H15N3OS3/c1-11-7-23-15(19-11)6-17-16(20)13-4-2-3-5-14(13)22-9-12-8-21-10-18-12/h2-5,7-8,10H,6,9H2,1H3,(H,17,20). The van der Waals surface area contributed by atoms with Gasteiger partial charge in [0.25, 0.3) is 5.91 Å². The highest BCUT2D eigenvalue weighted by Gasteiger charge is 2.12. The predicted molar refractivity (Wildman–Crippen MR) is 96.1 cm³/mol. The Balaban J connectivity index is 1.65. The van der Waals surface area contributed by atoms with Crippen LogP contribution in [0.15, 0.2) is 45.4 Å². The zero-order chi connectivity index (χ0) is 16.1. The lowest BCUT2D eigenvalue weighted by Gasteiger charge is -2.08. The topological polar surface area (TPSA) is 54.9 Å². The maximum atomic E-state index is 12.4. The normalized spacial score (nSPS) is 10.7. The summed E-state index contributed by atoms with van der Waals surface area (Å²) in [5.41, 5.74) is 4.54. The monoisotopic (exact) mass is 361 g/mol. The summed E-state index contributed by atoms with van der Waals surface area (Å²) in [4.78, 5) is 22.0. The van der Waals surface area contributed by atoms with E-state index in [1.54, 1.807) is 34.4 Å². The second kappa shape index (κ2) is 7.72. The van der Waals surface area contributed by atoms with Crippen molar-refractivity contribution >= 4 is 40.3 Å². The predicted octanol–water partition coefficient (Wildman–Crippen LogP) is 4.13. The van der Waals surface area contributed by atoms with Gasteiger partial charge in [-0.05, 0) is 19.1 Å². The molecule has 3 rings (SSSR count). The third-order valence-electron chi connectivity index (χ3n) is 3.06. The molecule has 0 saturated carbocycles. The molecule has 0 spiro atoms. The van der Waals surface area contributed by atoms with Gasteiger partial charge in [0.1, 0.15) is 5.01 Å². The average Bonchev–Trinajstić information content (AvgIpc) is 3.22. The van der Waals surface area contributed by atoms with Crippen LogP contribution in [-0.4, -0.2) is 15.9 Å². The van der Waals surface area contributed by atoms with E-state index in [0.717, 1.165) is 27.0 Å². The maximum Gasteiger partial charge on any atom is 0.252 e. The zero-order valence-electron chi connectivity index (χ0n) is 12.5. The van der Waals surface area contributed by atoms with Gasteiger partial charge in [-0.25, -0.2) is 9.97 Å². The third-order valence-corrected chi connectivity index (χ3v) is 5.77. The molecule has 0 fully saturated rings. The van der Waals surface area contributed by atoms with Crippen LogP contribution in [0, 0.1) is 6.92 Å². The molecule has 1 aromatic carbocycles. The van der Waals surface area contributed by atoms with Crippen molar-refractivity contribution in [2.75, 3.05) is 0 Å². The van der Waals surface area contributed by atoms with Crippen LogP contribution in [0.25, 0.3) is 0 Å². The van der Waals surface area contributed by atoms with Crippen molar-refractivity contribution in [1.29, 1.82) is 0 Å². The maximum absolute atomic E-state index is 12.4. The number of rotatable bonds is 6. The van der Waals surface area contributed by atoms with E-state index in [4.69, 9.17) is 0 Å². The number of benzene rings is 1. The molecule has 7 heteroatoms. The van der Waals surface area contributed by atoms with Gasteiger partial charge in [0.05, 0.1) is 23.3 Å². The number of aromatic nitrogens is 2. The number of nitrogens with one attached hydrogen (secondary N) is 1. The molecule has 1 amide bonds. The van der Waals surface area contributed by atoms with E-state index < -0.39 is 0 Å². The second-order valence-electron chi connectivity index (χ2n) is 4.83. The van der Waals surface area contributed by atoms with Crippen molar-refractivity contribution in [3.63, 3.8) is 0 Å². The van der Waals surface area contributed by atoms with Crippen molar-refractivity contribution in [2.24, 2.45) is 0 Å². The molecular formula is C16H15N3OS3. The van der Waals surface area contributed by atoms with E-state index in [1.165, 1.54) is 0 Å². The van der Waals surface area contributed by atoms with Gasteiger partial charge in [0.2, 0.25) is 0 Å². The first-order valence-corrected chi connectivity index (χ1v) is 9.81. The van der Waals surface area contributed by atoms with E-state index in [2.05, 4.69) is 15.3 Å². The summed E-state index contributed by atoms with van der Waals surface area (Å²) >= 11 is 4.77. The number of thiazole rings is 2. The quantitative estimate of drug-likeness (QED) is 0.671. The number of amides is 1. The van der Waals surface area contributed by atoms with Crippen LogP contribution in [-0.2, 0) is 12.3 Å². The van der Waals surface area contributed by atoms with Gasteiger partial charge in [0.15, 0.2) is 0 Å². The Kier molecular flexibility index (Phi) is 5.43. The first-order valence-electron chi connectivity index (χ1n) is 7.00. The van der Waals surface area contributed by atoms with E-state index in [9.17, 15) is 4.79 Å². The highest BCUT2D eigenvalue weighted by atomic mass is 32.2. The lowest BCUT2D eigenvalue weighted by Crippen LogP contribution is -2.23. The van der Waals surface area contributed by atoms with Crippen molar-refractivity contribution in [2.45, 2.75) is 24.1 Å². The summed E-state index contributed by atoms with van der Waals surface area (Å²) < 4.78 is 0. The summed E-state index contributed by atoms with van der Waals surface area (Å²) in [6.07, 6.45) is 0. The van der Waals surface area contributed by atoms with Gasteiger partial charge in [-0.2, -0.15) is 0 Å². The fourth-order valence-electron chi connectivity index (χ4n) is 1.98. The smallest absolute Gasteiger partial charge is 0.252 e. The van der Waals surface area contributed by atoms with Crippen LogP contribution in [0.3, 0.4) is 0 Å². The Bertz CT molecular complexity index is 783. The molecule has 1 N–H and O–H groups in total.